The van der Waals surface area contributed by atoms with E-state index in [2.05, 4.69) is 21.2 Å². The summed E-state index contributed by atoms with van der Waals surface area (Å²) < 4.78 is 5.23. The van der Waals surface area contributed by atoms with Crippen LogP contribution in [0.3, 0.4) is 0 Å². The minimum absolute atomic E-state index is 0.136. The Morgan fingerprint density at radius 2 is 1.68 bits per heavy atom. The van der Waals surface area contributed by atoms with Gasteiger partial charge in [-0.1, -0.05) is 18.2 Å². The van der Waals surface area contributed by atoms with Crippen LogP contribution in [0.5, 0.6) is 5.75 Å². The number of para-hydroxylation sites is 1. The topological polar surface area (TPSA) is 112 Å². The second-order valence-electron chi connectivity index (χ2n) is 7.38. The highest BCUT2D eigenvalue weighted by Crippen LogP contribution is 2.32. The predicted molar refractivity (Wildman–Crippen MR) is 118 cm³/mol. The fourth-order valence-electron chi connectivity index (χ4n) is 3.28. The van der Waals surface area contributed by atoms with E-state index in [-0.39, 0.29) is 12.5 Å². The van der Waals surface area contributed by atoms with Gasteiger partial charge in [0.15, 0.2) is 0 Å². The molecule has 8 nitrogen and oxygen atoms in total. The maximum Gasteiger partial charge on any atom is 0.327 e. The predicted octanol–water partition coefficient (Wildman–Crippen LogP) is 2.45. The number of nitrogens with one attached hydrogen (secondary N) is 4. The summed E-state index contributed by atoms with van der Waals surface area (Å²) in [7, 11) is 1.62. The average molecular weight is 422 g/mol. The summed E-state index contributed by atoms with van der Waals surface area (Å²) >= 11 is 0. The number of hydrazine groups is 1. The van der Waals surface area contributed by atoms with Crippen molar-refractivity contribution in [2.75, 3.05) is 7.11 Å². The molecular formula is C23H26N4O4. The highest BCUT2D eigenvalue weighted by molar-refractivity contribution is 6.35. The number of aromatic amines is 1. The maximum absolute atomic E-state index is 12.3. The summed E-state index contributed by atoms with van der Waals surface area (Å²) in [5.74, 6) is -1.34. The van der Waals surface area contributed by atoms with Crippen molar-refractivity contribution in [1.29, 1.82) is 0 Å². The largest absolute Gasteiger partial charge is 0.497 e. The minimum atomic E-state index is -0.909. The van der Waals surface area contributed by atoms with Crippen LogP contribution in [-0.2, 0) is 20.8 Å². The molecule has 162 valence electrons. The highest BCUT2D eigenvalue weighted by Gasteiger charge is 2.17. The first kappa shape index (κ1) is 21.9. The van der Waals surface area contributed by atoms with E-state index in [4.69, 9.17) is 4.74 Å². The lowest BCUT2D eigenvalue weighted by molar-refractivity contribution is -0.141. The van der Waals surface area contributed by atoms with Crippen LogP contribution < -0.4 is 20.9 Å². The third-order valence-corrected chi connectivity index (χ3v) is 4.74. The van der Waals surface area contributed by atoms with E-state index in [1.807, 2.05) is 48.5 Å². The van der Waals surface area contributed by atoms with Crippen LogP contribution in [0, 0.1) is 0 Å². The molecule has 1 heterocycles. The molecule has 0 bridgehead atoms. The average Bonchev–Trinajstić information content (AvgIpc) is 3.14. The lowest BCUT2D eigenvalue weighted by atomic mass is 10.0. The number of fused-ring (bicyclic) bond motifs is 1. The van der Waals surface area contributed by atoms with Gasteiger partial charge in [-0.2, -0.15) is 0 Å². The Labute approximate surface area is 180 Å². The van der Waals surface area contributed by atoms with Crippen LogP contribution in [0.1, 0.15) is 25.8 Å². The van der Waals surface area contributed by atoms with Gasteiger partial charge < -0.3 is 15.0 Å². The zero-order valence-corrected chi connectivity index (χ0v) is 17.7. The van der Waals surface area contributed by atoms with Gasteiger partial charge in [-0.05, 0) is 61.7 Å². The van der Waals surface area contributed by atoms with E-state index in [9.17, 15) is 14.4 Å². The first-order valence-electron chi connectivity index (χ1n) is 10.0. The Balaban J connectivity index is 1.71. The molecule has 0 unspecified atom stereocenters. The molecule has 1 aromatic heterocycles. The number of aryl methyl sites for hydroxylation is 1. The number of methoxy groups -OCH3 is 1. The molecule has 3 amide bonds. The first-order chi connectivity index (χ1) is 14.9. The standard InChI is InChI=1S/C23H26N4O4/c1-14(2)24-22(29)23(30)27-26-20(28)13-12-18-17-6-4-5-7-19(17)25-21(18)15-8-10-16(31-3)11-9-15/h4-11,14,25H,12-13H2,1-3H3,(H,24,29)(H,26,28)(H,27,30). The number of aromatic nitrogens is 1. The lowest BCUT2D eigenvalue weighted by Gasteiger charge is -2.10. The fraction of sp³-hybridized carbons (Fsp3) is 0.261. The van der Waals surface area contributed by atoms with Crippen LogP contribution in [0.25, 0.3) is 22.2 Å². The van der Waals surface area contributed by atoms with Gasteiger partial charge in [0.2, 0.25) is 5.91 Å². The molecule has 3 rings (SSSR count). The van der Waals surface area contributed by atoms with Crippen LogP contribution in [0.15, 0.2) is 48.5 Å². The molecule has 0 radical (unpaired) electrons. The second kappa shape index (κ2) is 9.80. The summed E-state index contributed by atoms with van der Waals surface area (Å²) in [6, 6.07) is 15.4. The molecule has 8 heteroatoms. The number of benzene rings is 2. The van der Waals surface area contributed by atoms with Crippen molar-refractivity contribution in [1.82, 2.24) is 21.2 Å². The second-order valence-corrected chi connectivity index (χ2v) is 7.38. The normalized spacial score (nSPS) is 10.7. The third kappa shape index (κ3) is 5.42. The summed E-state index contributed by atoms with van der Waals surface area (Å²) in [6.07, 6.45) is 0.586. The number of ether oxygens (including phenoxy) is 1. The monoisotopic (exact) mass is 422 g/mol. The van der Waals surface area contributed by atoms with E-state index in [1.165, 1.54) is 0 Å². The zero-order valence-electron chi connectivity index (χ0n) is 17.7. The highest BCUT2D eigenvalue weighted by atomic mass is 16.5. The van der Waals surface area contributed by atoms with Crippen molar-refractivity contribution < 1.29 is 19.1 Å². The summed E-state index contributed by atoms with van der Waals surface area (Å²) in [6.45, 7) is 3.48. The molecule has 31 heavy (non-hydrogen) atoms. The van der Waals surface area contributed by atoms with Crippen molar-refractivity contribution in [3.05, 3.63) is 54.1 Å². The van der Waals surface area contributed by atoms with Gasteiger partial charge in [0, 0.05) is 29.1 Å². The molecule has 0 aliphatic rings. The summed E-state index contributed by atoms with van der Waals surface area (Å²) in [4.78, 5) is 39.0. The SMILES string of the molecule is COc1ccc(-c2[nH]c3ccccc3c2CCC(=O)NNC(=O)C(=O)NC(C)C)cc1. The Kier molecular flexibility index (Phi) is 6.92. The molecule has 0 spiro atoms. The maximum atomic E-state index is 12.3. The molecule has 0 atom stereocenters. The molecule has 0 fully saturated rings. The van der Waals surface area contributed by atoms with E-state index in [1.54, 1.807) is 21.0 Å². The fourth-order valence-corrected chi connectivity index (χ4v) is 3.28. The quantitative estimate of drug-likeness (QED) is 0.361. The lowest BCUT2D eigenvalue weighted by Crippen LogP contribution is -2.49. The number of hydrogen-bond acceptors (Lipinski definition) is 4. The van der Waals surface area contributed by atoms with Crippen molar-refractivity contribution in [3.8, 4) is 17.0 Å². The van der Waals surface area contributed by atoms with Crippen LogP contribution in [0.2, 0.25) is 0 Å². The molecule has 0 saturated carbocycles. The minimum Gasteiger partial charge on any atom is -0.497 e. The molecule has 3 aromatic rings. The van der Waals surface area contributed by atoms with Crippen LogP contribution in [0.4, 0.5) is 0 Å². The number of carbonyl (C=O) groups excluding carboxylic acids is 3. The smallest absolute Gasteiger partial charge is 0.327 e. The third-order valence-electron chi connectivity index (χ3n) is 4.74. The Morgan fingerprint density at radius 3 is 2.35 bits per heavy atom. The van der Waals surface area contributed by atoms with Gasteiger partial charge >= 0.3 is 11.8 Å². The Morgan fingerprint density at radius 1 is 0.968 bits per heavy atom. The Hall–Kier alpha value is -3.81. The van der Waals surface area contributed by atoms with Gasteiger partial charge in [0.1, 0.15) is 5.75 Å². The molecule has 4 N–H and O–H groups in total. The Bertz CT molecular complexity index is 1090. The number of rotatable bonds is 6. The van der Waals surface area contributed by atoms with Gasteiger partial charge in [-0.3, -0.25) is 25.2 Å². The molecule has 0 aliphatic heterocycles. The molecular weight excluding hydrogens is 396 g/mol. The van der Waals surface area contributed by atoms with Crippen LogP contribution in [-0.4, -0.2) is 35.9 Å². The first-order valence-corrected chi connectivity index (χ1v) is 10.0. The molecule has 2 aromatic carbocycles. The van der Waals surface area contributed by atoms with Gasteiger partial charge in [0.05, 0.1) is 7.11 Å². The van der Waals surface area contributed by atoms with Gasteiger partial charge in [-0.15, -0.1) is 0 Å². The number of amides is 3. The number of H-pyrrole nitrogens is 1. The summed E-state index contributed by atoms with van der Waals surface area (Å²) in [5.41, 5.74) is 8.32. The van der Waals surface area contributed by atoms with Crippen molar-refractivity contribution in [3.63, 3.8) is 0 Å². The zero-order chi connectivity index (χ0) is 22.4. The molecule has 0 saturated heterocycles. The summed E-state index contributed by atoms with van der Waals surface area (Å²) in [5, 5.41) is 3.49. The van der Waals surface area contributed by atoms with E-state index < -0.39 is 17.7 Å². The van der Waals surface area contributed by atoms with Crippen molar-refractivity contribution in [2.24, 2.45) is 0 Å². The van der Waals surface area contributed by atoms with Gasteiger partial charge in [0.25, 0.3) is 0 Å². The van der Waals surface area contributed by atoms with Crippen LogP contribution >= 0.6 is 0 Å². The van der Waals surface area contributed by atoms with E-state index in [0.29, 0.717) is 6.42 Å². The van der Waals surface area contributed by atoms with E-state index in [0.717, 1.165) is 33.5 Å². The van der Waals surface area contributed by atoms with Crippen molar-refractivity contribution >= 4 is 28.6 Å². The van der Waals surface area contributed by atoms with E-state index >= 15 is 0 Å². The van der Waals surface area contributed by atoms with Gasteiger partial charge in [-0.25, -0.2) is 0 Å². The number of hydrogen-bond donors (Lipinski definition) is 4. The van der Waals surface area contributed by atoms with Crippen molar-refractivity contribution in [2.45, 2.75) is 32.7 Å². The number of carbonyl (C=O) groups is 3. The molecule has 0 aliphatic carbocycles.